The number of anilines is 2. The number of benzene rings is 2. The number of fused-ring (bicyclic) bond motifs is 1. The highest BCUT2D eigenvalue weighted by molar-refractivity contribution is 6.31. The fourth-order valence-electron chi connectivity index (χ4n) is 3.10. The molecule has 1 heterocycles. The molecule has 0 unspecified atom stereocenters. The van der Waals surface area contributed by atoms with Crippen molar-refractivity contribution < 1.29 is 18.4 Å². The smallest absolute Gasteiger partial charge is 0.351 e. The van der Waals surface area contributed by atoms with Crippen LogP contribution in [0.5, 0.6) is 0 Å². The molecule has 10 heteroatoms. The third-order valence-electron chi connectivity index (χ3n) is 4.58. The Hall–Kier alpha value is -2.97. The summed E-state index contributed by atoms with van der Waals surface area (Å²) in [4.78, 5) is 27.8. The highest BCUT2D eigenvalue weighted by atomic mass is 35.5. The number of amides is 2. The maximum absolute atomic E-state index is 14.8. The van der Waals surface area contributed by atoms with Crippen molar-refractivity contribution in [2.24, 2.45) is 0 Å². The molecule has 0 aliphatic carbocycles. The molecule has 1 aromatic heterocycles. The van der Waals surface area contributed by atoms with Crippen LogP contribution in [0.15, 0.2) is 48.7 Å². The molecule has 3 aromatic rings. The minimum absolute atomic E-state index is 0.0201. The molecule has 0 spiro atoms. The van der Waals surface area contributed by atoms with Crippen LogP contribution in [0.2, 0.25) is 10.0 Å². The second-order valence-corrected chi connectivity index (χ2v) is 7.87. The van der Waals surface area contributed by atoms with Crippen LogP contribution in [0.25, 0.3) is 10.9 Å². The number of carbonyl (C=O) groups excluding carboxylic acids is 2. The van der Waals surface area contributed by atoms with E-state index in [-0.39, 0.29) is 17.3 Å². The van der Waals surface area contributed by atoms with E-state index in [9.17, 15) is 18.4 Å². The van der Waals surface area contributed by atoms with Crippen molar-refractivity contribution in [3.63, 3.8) is 0 Å². The monoisotopic (exact) mass is 480 g/mol. The van der Waals surface area contributed by atoms with Crippen LogP contribution < -0.4 is 16.0 Å². The first-order chi connectivity index (χ1) is 15.2. The molecule has 3 N–H and O–H groups in total. The fraction of sp³-hybridized carbons (Fsp3) is 0.227. The van der Waals surface area contributed by atoms with Gasteiger partial charge >= 0.3 is 5.92 Å². The quantitative estimate of drug-likeness (QED) is 0.386. The van der Waals surface area contributed by atoms with E-state index in [4.69, 9.17) is 23.2 Å². The number of hydrogen-bond acceptors (Lipinski definition) is 4. The zero-order valence-corrected chi connectivity index (χ0v) is 18.5. The summed E-state index contributed by atoms with van der Waals surface area (Å²) in [6.07, 6.45) is 2.04. The molecular formula is C22H20Cl2F2N4O2. The largest absolute Gasteiger partial charge is 0.384 e. The highest BCUT2D eigenvalue weighted by Gasteiger charge is 2.43. The van der Waals surface area contributed by atoms with Crippen LogP contribution in [0.1, 0.15) is 18.9 Å². The molecule has 0 saturated heterocycles. The second kappa shape index (κ2) is 10.1. The summed E-state index contributed by atoms with van der Waals surface area (Å²) < 4.78 is 29.5. The number of aromatic nitrogens is 1. The Balaban J connectivity index is 1.58. The topological polar surface area (TPSA) is 83.1 Å². The summed E-state index contributed by atoms with van der Waals surface area (Å²) in [5.41, 5.74) is 0.709. The van der Waals surface area contributed by atoms with Crippen LogP contribution in [-0.4, -0.2) is 29.9 Å². The van der Waals surface area contributed by atoms with Crippen molar-refractivity contribution in [3.8, 4) is 0 Å². The van der Waals surface area contributed by atoms with E-state index in [0.717, 1.165) is 22.7 Å². The SMILES string of the molecule is CC(=O)Nc1ccc(Cl)cc1C(F)(F)C(=O)NCCCNc1ccnc2cc(Cl)ccc12. The van der Waals surface area contributed by atoms with E-state index in [1.807, 2.05) is 6.07 Å². The van der Waals surface area contributed by atoms with E-state index in [1.54, 1.807) is 24.4 Å². The summed E-state index contributed by atoms with van der Waals surface area (Å²) in [5, 5.41) is 9.21. The lowest BCUT2D eigenvalue weighted by Gasteiger charge is -2.20. The number of halogens is 4. The van der Waals surface area contributed by atoms with Crippen molar-refractivity contribution >= 4 is 57.3 Å². The Morgan fingerprint density at radius 3 is 2.47 bits per heavy atom. The van der Waals surface area contributed by atoms with E-state index in [1.165, 1.54) is 19.1 Å². The lowest BCUT2D eigenvalue weighted by Crippen LogP contribution is -2.39. The van der Waals surface area contributed by atoms with E-state index in [2.05, 4.69) is 20.9 Å². The first-order valence-electron chi connectivity index (χ1n) is 9.70. The van der Waals surface area contributed by atoms with Gasteiger partial charge in [0.1, 0.15) is 0 Å². The van der Waals surface area contributed by atoms with Gasteiger partial charge in [0.2, 0.25) is 5.91 Å². The predicted octanol–water partition coefficient (Wildman–Crippen LogP) is 5.21. The average molecular weight is 481 g/mol. The molecule has 3 rings (SSSR count). The maximum Gasteiger partial charge on any atom is 0.351 e. The van der Waals surface area contributed by atoms with E-state index < -0.39 is 23.3 Å². The zero-order valence-electron chi connectivity index (χ0n) is 17.0. The molecule has 0 radical (unpaired) electrons. The van der Waals surface area contributed by atoms with Gasteiger partial charge in [-0.3, -0.25) is 14.6 Å². The van der Waals surface area contributed by atoms with Crippen molar-refractivity contribution in [2.75, 3.05) is 23.7 Å². The van der Waals surface area contributed by atoms with Gasteiger partial charge in [0.05, 0.1) is 16.8 Å². The number of rotatable bonds is 8. The Morgan fingerprint density at radius 1 is 1.00 bits per heavy atom. The van der Waals surface area contributed by atoms with Crippen LogP contribution in [0, 0.1) is 0 Å². The molecule has 6 nitrogen and oxygen atoms in total. The highest BCUT2D eigenvalue weighted by Crippen LogP contribution is 2.36. The Kier molecular flexibility index (Phi) is 7.48. The predicted molar refractivity (Wildman–Crippen MR) is 123 cm³/mol. The molecule has 32 heavy (non-hydrogen) atoms. The lowest BCUT2D eigenvalue weighted by molar-refractivity contribution is -0.146. The maximum atomic E-state index is 14.8. The number of nitrogens with zero attached hydrogens (tertiary/aromatic N) is 1. The number of carbonyl (C=O) groups is 2. The van der Waals surface area contributed by atoms with E-state index in [0.29, 0.717) is 18.0 Å². The van der Waals surface area contributed by atoms with Crippen LogP contribution in [0.4, 0.5) is 20.2 Å². The Labute approximate surface area is 193 Å². The summed E-state index contributed by atoms with van der Waals surface area (Å²) in [7, 11) is 0. The van der Waals surface area contributed by atoms with Crippen molar-refractivity contribution in [2.45, 2.75) is 19.3 Å². The first-order valence-corrected chi connectivity index (χ1v) is 10.5. The van der Waals surface area contributed by atoms with Gasteiger partial charge in [-0.15, -0.1) is 0 Å². The van der Waals surface area contributed by atoms with Gasteiger partial charge in [-0.25, -0.2) is 0 Å². The molecule has 2 aromatic carbocycles. The van der Waals surface area contributed by atoms with Crippen LogP contribution in [0.3, 0.4) is 0 Å². The molecule has 0 fully saturated rings. The summed E-state index contributed by atoms with van der Waals surface area (Å²) in [6.45, 7) is 1.64. The molecule has 0 aliphatic rings. The molecule has 2 amide bonds. The zero-order chi connectivity index (χ0) is 23.3. The third-order valence-corrected chi connectivity index (χ3v) is 5.05. The summed E-state index contributed by atoms with van der Waals surface area (Å²) >= 11 is 11.8. The van der Waals surface area contributed by atoms with Gasteiger partial charge in [-0.05, 0) is 48.9 Å². The molecule has 0 saturated carbocycles. The Bertz CT molecular complexity index is 1160. The standard InChI is InChI=1S/C22H20Cl2F2N4O2/c1-13(31)30-19-6-4-14(23)11-17(19)22(25,26)21(32)29-9-2-8-27-18-7-10-28-20-12-15(24)3-5-16(18)20/h3-7,10-12H,2,8-9H2,1H3,(H,27,28)(H,29,32)(H,30,31). The fourth-order valence-corrected chi connectivity index (χ4v) is 3.44. The van der Waals surface area contributed by atoms with Gasteiger partial charge in [-0.1, -0.05) is 23.2 Å². The van der Waals surface area contributed by atoms with Crippen LogP contribution in [-0.2, 0) is 15.5 Å². The van der Waals surface area contributed by atoms with Crippen molar-refractivity contribution in [3.05, 3.63) is 64.3 Å². The van der Waals surface area contributed by atoms with Crippen molar-refractivity contribution in [1.29, 1.82) is 0 Å². The number of pyridine rings is 1. The molecular weight excluding hydrogens is 461 g/mol. The normalized spacial score (nSPS) is 11.3. The number of nitrogens with one attached hydrogen (secondary N) is 3. The number of hydrogen-bond donors (Lipinski definition) is 3. The minimum atomic E-state index is -3.88. The van der Waals surface area contributed by atoms with Gasteiger partial charge in [0.25, 0.3) is 5.91 Å². The van der Waals surface area contributed by atoms with Gasteiger partial charge in [0, 0.05) is 47.3 Å². The van der Waals surface area contributed by atoms with Gasteiger partial charge in [0.15, 0.2) is 0 Å². The Morgan fingerprint density at radius 2 is 1.72 bits per heavy atom. The van der Waals surface area contributed by atoms with Gasteiger partial charge in [-0.2, -0.15) is 8.78 Å². The molecule has 168 valence electrons. The summed E-state index contributed by atoms with van der Waals surface area (Å²) in [5.74, 6) is -5.89. The first kappa shape index (κ1) is 23.7. The molecule has 0 aliphatic heterocycles. The van der Waals surface area contributed by atoms with Gasteiger partial charge < -0.3 is 16.0 Å². The molecule has 0 bridgehead atoms. The average Bonchev–Trinajstić information content (AvgIpc) is 2.74. The van der Waals surface area contributed by atoms with E-state index >= 15 is 0 Å². The van der Waals surface area contributed by atoms with Crippen LogP contribution >= 0.6 is 23.2 Å². The molecule has 0 atom stereocenters. The minimum Gasteiger partial charge on any atom is -0.384 e. The second-order valence-electron chi connectivity index (χ2n) is 7.00. The summed E-state index contributed by atoms with van der Waals surface area (Å²) in [6, 6.07) is 10.7. The third kappa shape index (κ3) is 5.63. The van der Waals surface area contributed by atoms with Crippen molar-refractivity contribution in [1.82, 2.24) is 10.3 Å². The lowest BCUT2D eigenvalue weighted by atomic mass is 10.0. The number of alkyl halides is 2.